The Morgan fingerprint density at radius 3 is 2.85 bits per heavy atom. The van der Waals surface area contributed by atoms with Crippen LogP contribution in [0.2, 0.25) is 0 Å². The van der Waals surface area contributed by atoms with Crippen LogP contribution < -0.4 is 5.32 Å². The van der Waals surface area contributed by atoms with Crippen molar-refractivity contribution in [1.29, 1.82) is 0 Å². The van der Waals surface area contributed by atoms with Gasteiger partial charge in [-0.3, -0.25) is 9.88 Å². The number of benzene rings is 1. The molecule has 2 heterocycles. The van der Waals surface area contributed by atoms with Crippen molar-refractivity contribution in [2.75, 3.05) is 18.4 Å². The molecule has 1 atom stereocenters. The van der Waals surface area contributed by atoms with Crippen LogP contribution in [0.15, 0.2) is 54.9 Å². The van der Waals surface area contributed by atoms with E-state index in [1.165, 1.54) is 24.9 Å². The molecule has 1 aromatic carbocycles. The van der Waals surface area contributed by atoms with Gasteiger partial charge in [-0.2, -0.15) is 0 Å². The molecule has 1 N–H and O–H groups in total. The number of hydrogen-bond donors (Lipinski definition) is 1. The Balaban J connectivity index is 1.57. The number of rotatable bonds is 4. The lowest BCUT2D eigenvalue weighted by atomic mass is 10.0. The van der Waals surface area contributed by atoms with E-state index in [1.807, 2.05) is 18.5 Å². The highest BCUT2D eigenvalue weighted by atomic mass is 15.2. The Morgan fingerprint density at radius 2 is 2.05 bits per heavy atom. The Bertz CT molecular complexity index is 465. The fourth-order valence-corrected chi connectivity index (χ4v) is 2.84. The van der Waals surface area contributed by atoms with E-state index < -0.39 is 0 Å². The van der Waals surface area contributed by atoms with E-state index in [0.717, 1.165) is 18.8 Å². The molecule has 1 aliphatic heterocycles. The molecule has 2 aromatic rings. The molecule has 104 valence electrons. The monoisotopic (exact) mass is 267 g/mol. The molecular weight excluding hydrogens is 246 g/mol. The van der Waals surface area contributed by atoms with Crippen LogP contribution in [0.25, 0.3) is 0 Å². The maximum Gasteiger partial charge on any atom is 0.0529 e. The van der Waals surface area contributed by atoms with E-state index in [-0.39, 0.29) is 0 Å². The molecule has 1 aliphatic rings. The van der Waals surface area contributed by atoms with Gasteiger partial charge in [0.15, 0.2) is 0 Å². The highest BCUT2D eigenvalue weighted by Gasteiger charge is 2.19. The highest BCUT2D eigenvalue weighted by Crippen LogP contribution is 2.17. The van der Waals surface area contributed by atoms with Gasteiger partial charge in [0.25, 0.3) is 0 Å². The van der Waals surface area contributed by atoms with Gasteiger partial charge in [0.1, 0.15) is 0 Å². The number of hydrogen-bond acceptors (Lipinski definition) is 3. The minimum Gasteiger partial charge on any atom is -0.380 e. The zero-order valence-corrected chi connectivity index (χ0v) is 11.7. The van der Waals surface area contributed by atoms with Crippen LogP contribution >= 0.6 is 0 Å². The van der Waals surface area contributed by atoms with Crippen LogP contribution in [0.3, 0.4) is 0 Å². The summed E-state index contributed by atoms with van der Waals surface area (Å²) >= 11 is 0. The van der Waals surface area contributed by atoms with Gasteiger partial charge in [-0.25, -0.2) is 0 Å². The maximum atomic E-state index is 4.16. The average Bonchev–Trinajstić information content (AvgIpc) is 2.50. The summed E-state index contributed by atoms with van der Waals surface area (Å²) in [7, 11) is 0. The van der Waals surface area contributed by atoms with Gasteiger partial charge in [0, 0.05) is 31.5 Å². The number of likely N-dealkylation sites (tertiary alicyclic amines) is 1. The molecule has 1 saturated heterocycles. The smallest absolute Gasteiger partial charge is 0.0529 e. The summed E-state index contributed by atoms with van der Waals surface area (Å²) in [5.74, 6) is 0. The summed E-state index contributed by atoms with van der Waals surface area (Å²) in [5, 5.41) is 3.59. The van der Waals surface area contributed by atoms with E-state index in [4.69, 9.17) is 0 Å². The summed E-state index contributed by atoms with van der Waals surface area (Å²) in [6.45, 7) is 3.34. The zero-order valence-electron chi connectivity index (χ0n) is 11.7. The predicted molar refractivity (Wildman–Crippen MR) is 82.6 cm³/mol. The normalized spacial score (nSPS) is 19.7. The van der Waals surface area contributed by atoms with Gasteiger partial charge < -0.3 is 5.32 Å². The third-order valence-corrected chi connectivity index (χ3v) is 3.79. The van der Waals surface area contributed by atoms with Crippen LogP contribution in [-0.4, -0.2) is 29.0 Å². The van der Waals surface area contributed by atoms with Crippen LogP contribution in [-0.2, 0) is 6.54 Å². The Kier molecular flexibility index (Phi) is 4.28. The second-order valence-electron chi connectivity index (χ2n) is 5.45. The molecule has 1 aromatic heterocycles. The topological polar surface area (TPSA) is 28.2 Å². The molecule has 0 spiro atoms. The van der Waals surface area contributed by atoms with E-state index in [2.05, 4.69) is 51.6 Å². The lowest BCUT2D eigenvalue weighted by molar-refractivity contribution is 0.208. The molecule has 3 rings (SSSR count). The molecule has 0 bridgehead atoms. The fraction of sp³-hybridized carbons (Fsp3) is 0.353. The second-order valence-corrected chi connectivity index (χ2v) is 5.45. The fourth-order valence-electron chi connectivity index (χ4n) is 2.84. The first-order valence-electron chi connectivity index (χ1n) is 7.33. The summed E-state index contributed by atoms with van der Waals surface area (Å²) in [6, 6.07) is 15.3. The summed E-state index contributed by atoms with van der Waals surface area (Å²) < 4.78 is 0. The minimum absolute atomic E-state index is 0.525. The van der Waals surface area contributed by atoms with E-state index in [1.54, 1.807) is 0 Å². The van der Waals surface area contributed by atoms with Crippen molar-refractivity contribution in [2.24, 2.45) is 0 Å². The summed E-state index contributed by atoms with van der Waals surface area (Å²) in [6.07, 6.45) is 6.20. The first-order valence-corrected chi connectivity index (χ1v) is 7.33. The molecule has 0 radical (unpaired) electrons. The van der Waals surface area contributed by atoms with Crippen LogP contribution in [0.4, 0.5) is 5.69 Å². The van der Waals surface area contributed by atoms with Gasteiger partial charge in [0.2, 0.25) is 0 Å². The summed E-state index contributed by atoms with van der Waals surface area (Å²) in [4.78, 5) is 6.70. The van der Waals surface area contributed by atoms with Gasteiger partial charge in [-0.05, 0) is 37.1 Å². The van der Waals surface area contributed by atoms with Crippen LogP contribution in [0.1, 0.15) is 18.4 Å². The molecule has 0 saturated carbocycles. The molecule has 20 heavy (non-hydrogen) atoms. The average molecular weight is 267 g/mol. The minimum atomic E-state index is 0.525. The molecule has 1 unspecified atom stereocenters. The number of aromatic nitrogens is 1. The molecule has 3 nitrogen and oxygen atoms in total. The van der Waals surface area contributed by atoms with Gasteiger partial charge in [-0.15, -0.1) is 0 Å². The van der Waals surface area contributed by atoms with Crippen LogP contribution in [0, 0.1) is 0 Å². The second kappa shape index (κ2) is 6.53. The molecule has 0 aliphatic carbocycles. The number of anilines is 1. The van der Waals surface area contributed by atoms with Crippen molar-refractivity contribution >= 4 is 5.69 Å². The van der Waals surface area contributed by atoms with Crippen molar-refractivity contribution in [3.05, 3.63) is 60.4 Å². The Hall–Kier alpha value is -1.87. The predicted octanol–water partition coefficient (Wildman–Crippen LogP) is 3.16. The summed E-state index contributed by atoms with van der Waals surface area (Å²) in [5.41, 5.74) is 2.52. The highest BCUT2D eigenvalue weighted by molar-refractivity contribution is 5.40. The third-order valence-electron chi connectivity index (χ3n) is 3.79. The van der Waals surface area contributed by atoms with Gasteiger partial charge >= 0.3 is 0 Å². The molecule has 1 fully saturated rings. The van der Waals surface area contributed by atoms with Gasteiger partial charge in [-0.1, -0.05) is 30.3 Å². The number of nitrogens with zero attached hydrogens (tertiary/aromatic N) is 2. The lowest BCUT2D eigenvalue weighted by Crippen LogP contribution is -2.41. The Morgan fingerprint density at radius 1 is 1.15 bits per heavy atom. The zero-order chi connectivity index (χ0) is 13.6. The largest absolute Gasteiger partial charge is 0.380 e. The van der Waals surface area contributed by atoms with E-state index in [9.17, 15) is 0 Å². The SMILES string of the molecule is c1ccc(CN2CCCC(Nc3cccnc3)C2)cc1. The van der Waals surface area contributed by atoms with Crippen molar-refractivity contribution in [3.63, 3.8) is 0 Å². The number of nitrogens with one attached hydrogen (secondary N) is 1. The van der Waals surface area contributed by atoms with Crippen molar-refractivity contribution in [2.45, 2.75) is 25.4 Å². The first kappa shape index (κ1) is 13.1. The Labute approximate surface area is 120 Å². The van der Waals surface area contributed by atoms with E-state index >= 15 is 0 Å². The third kappa shape index (κ3) is 3.58. The number of pyridine rings is 1. The van der Waals surface area contributed by atoms with E-state index in [0.29, 0.717) is 6.04 Å². The quantitative estimate of drug-likeness (QED) is 0.922. The standard InChI is InChI=1S/C17H21N3/c1-2-6-15(7-3-1)13-20-11-5-9-17(14-20)19-16-8-4-10-18-12-16/h1-4,6-8,10,12,17,19H,5,9,11,13-14H2. The first-order chi connectivity index (χ1) is 9.90. The lowest BCUT2D eigenvalue weighted by Gasteiger charge is -2.33. The molecule has 3 heteroatoms. The maximum absolute atomic E-state index is 4.16. The van der Waals surface area contributed by atoms with Crippen LogP contribution in [0.5, 0.6) is 0 Å². The van der Waals surface area contributed by atoms with Crippen molar-refractivity contribution in [1.82, 2.24) is 9.88 Å². The van der Waals surface area contributed by atoms with Crippen molar-refractivity contribution in [3.8, 4) is 0 Å². The number of piperidine rings is 1. The molecular formula is C17H21N3. The molecule has 0 amide bonds. The van der Waals surface area contributed by atoms with Crippen molar-refractivity contribution < 1.29 is 0 Å². The van der Waals surface area contributed by atoms with Gasteiger partial charge in [0.05, 0.1) is 5.69 Å².